The van der Waals surface area contributed by atoms with Crippen molar-refractivity contribution >= 4 is 5.91 Å². The quantitative estimate of drug-likeness (QED) is 0.812. The van der Waals surface area contributed by atoms with E-state index in [1.807, 2.05) is 0 Å². The summed E-state index contributed by atoms with van der Waals surface area (Å²) in [5.41, 5.74) is 0. The van der Waals surface area contributed by atoms with Gasteiger partial charge in [-0.15, -0.1) is 0 Å². The number of nitrogens with zero attached hydrogens (tertiary/aromatic N) is 1. The minimum Gasteiger partial charge on any atom is -0.323 e. The van der Waals surface area contributed by atoms with Gasteiger partial charge in [-0.3, -0.25) is 10.1 Å². The maximum atomic E-state index is 12.8. The Hall–Kier alpha value is -0.570. The number of carbonyl (C=O) groups is 1. The lowest BCUT2D eigenvalue weighted by atomic mass is 9.83. The monoisotopic (exact) mass is 292 g/mol. The molecule has 2 bridgehead atoms. The van der Waals surface area contributed by atoms with Crippen molar-refractivity contribution in [2.45, 2.75) is 90.4 Å². The molecule has 120 valence electrons. The van der Waals surface area contributed by atoms with Crippen LogP contribution in [-0.2, 0) is 4.79 Å². The minimum absolute atomic E-state index is 0.0796. The Morgan fingerprint density at radius 2 is 2.10 bits per heavy atom. The molecule has 0 spiro atoms. The zero-order valence-electron chi connectivity index (χ0n) is 14.0. The van der Waals surface area contributed by atoms with E-state index in [1.54, 1.807) is 0 Å². The van der Waals surface area contributed by atoms with Crippen LogP contribution in [0.3, 0.4) is 0 Å². The van der Waals surface area contributed by atoms with Crippen LogP contribution in [0.15, 0.2) is 0 Å². The van der Waals surface area contributed by atoms with Crippen LogP contribution in [0.4, 0.5) is 0 Å². The summed E-state index contributed by atoms with van der Waals surface area (Å²) in [6, 6.07) is 0.507. The number of hydrogen-bond donors (Lipinski definition) is 1. The number of fused-ring (bicyclic) bond motifs is 2. The summed E-state index contributed by atoms with van der Waals surface area (Å²) in [6.07, 6.45) is 10.3. The third-order valence-electron chi connectivity index (χ3n) is 6.37. The van der Waals surface area contributed by atoms with E-state index in [1.165, 1.54) is 32.1 Å². The van der Waals surface area contributed by atoms with Crippen LogP contribution < -0.4 is 5.32 Å². The highest BCUT2D eigenvalue weighted by atomic mass is 16.2. The first-order valence-corrected chi connectivity index (χ1v) is 9.23. The molecule has 0 aromatic heterocycles. The fourth-order valence-corrected chi connectivity index (χ4v) is 5.22. The van der Waals surface area contributed by atoms with E-state index < -0.39 is 0 Å². The maximum Gasteiger partial charge on any atom is 0.241 e. The topological polar surface area (TPSA) is 32.3 Å². The molecule has 0 aromatic rings. The molecule has 2 saturated carbocycles. The van der Waals surface area contributed by atoms with Crippen LogP contribution in [0.1, 0.15) is 72.1 Å². The van der Waals surface area contributed by atoms with Crippen LogP contribution in [0.5, 0.6) is 0 Å². The van der Waals surface area contributed by atoms with Crippen molar-refractivity contribution in [3.63, 3.8) is 0 Å². The van der Waals surface area contributed by atoms with Crippen molar-refractivity contribution in [3.05, 3.63) is 0 Å². The standard InChI is InChI=1S/C18H32N2O/c1-4-6-7-16-18(21)20(17(5-2)19-16)12(3)15-11-13-8-9-14(15)10-13/h12-17,19H,4-11H2,1-3H3. The second-order valence-electron chi connectivity index (χ2n) is 7.61. The number of nitrogens with one attached hydrogen (secondary N) is 1. The Bertz CT molecular complexity index is 383. The summed E-state index contributed by atoms with van der Waals surface area (Å²) < 4.78 is 0. The van der Waals surface area contributed by atoms with E-state index in [4.69, 9.17) is 0 Å². The number of rotatable bonds is 6. The van der Waals surface area contributed by atoms with Crippen molar-refractivity contribution in [3.8, 4) is 0 Å². The molecule has 21 heavy (non-hydrogen) atoms. The van der Waals surface area contributed by atoms with Gasteiger partial charge in [-0.1, -0.05) is 33.1 Å². The first-order chi connectivity index (χ1) is 10.2. The van der Waals surface area contributed by atoms with Crippen LogP contribution in [-0.4, -0.2) is 29.1 Å². The van der Waals surface area contributed by atoms with Crippen LogP contribution >= 0.6 is 0 Å². The van der Waals surface area contributed by atoms with E-state index in [-0.39, 0.29) is 12.2 Å². The van der Waals surface area contributed by atoms with Gasteiger partial charge in [0.15, 0.2) is 0 Å². The average molecular weight is 292 g/mol. The number of amides is 1. The highest BCUT2D eigenvalue weighted by Gasteiger charge is 2.48. The Morgan fingerprint density at radius 3 is 2.67 bits per heavy atom. The van der Waals surface area contributed by atoms with Gasteiger partial charge in [0.1, 0.15) is 0 Å². The highest BCUT2D eigenvalue weighted by molar-refractivity contribution is 5.84. The Morgan fingerprint density at radius 1 is 1.29 bits per heavy atom. The van der Waals surface area contributed by atoms with Crippen LogP contribution in [0.25, 0.3) is 0 Å². The Labute approximate surface area is 129 Å². The van der Waals surface area contributed by atoms with Gasteiger partial charge in [0.25, 0.3) is 0 Å². The summed E-state index contributed by atoms with van der Waals surface area (Å²) in [4.78, 5) is 15.1. The van der Waals surface area contributed by atoms with Gasteiger partial charge < -0.3 is 4.90 Å². The summed E-state index contributed by atoms with van der Waals surface area (Å²) >= 11 is 0. The molecule has 1 N–H and O–H groups in total. The van der Waals surface area contributed by atoms with E-state index in [0.717, 1.165) is 37.0 Å². The lowest BCUT2D eigenvalue weighted by Crippen LogP contribution is -2.47. The van der Waals surface area contributed by atoms with Gasteiger partial charge in [-0.25, -0.2) is 0 Å². The Balaban J connectivity index is 1.68. The molecule has 1 heterocycles. The summed E-state index contributed by atoms with van der Waals surface area (Å²) in [5, 5.41) is 3.60. The van der Waals surface area contributed by atoms with Crippen molar-refractivity contribution < 1.29 is 4.79 Å². The molecule has 0 radical (unpaired) electrons. The van der Waals surface area contributed by atoms with E-state index in [0.29, 0.717) is 11.9 Å². The van der Waals surface area contributed by atoms with E-state index in [9.17, 15) is 4.79 Å². The fraction of sp³-hybridized carbons (Fsp3) is 0.944. The second-order valence-corrected chi connectivity index (χ2v) is 7.61. The summed E-state index contributed by atoms with van der Waals surface area (Å²) in [6.45, 7) is 6.72. The third kappa shape index (κ3) is 2.74. The number of unbranched alkanes of at least 4 members (excludes halogenated alkanes) is 1. The zero-order valence-corrected chi connectivity index (χ0v) is 14.0. The SMILES string of the molecule is CCCCC1NC(CC)N(C(C)C2CC3CCC2C3)C1=O. The minimum atomic E-state index is 0.0796. The molecule has 3 heteroatoms. The molecule has 1 saturated heterocycles. The van der Waals surface area contributed by atoms with Gasteiger partial charge in [-0.05, 0) is 56.8 Å². The molecule has 3 rings (SSSR count). The molecular weight excluding hydrogens is 260 g/mol. The van der Waals surface area contributed by atoms with Crippen LogP contribution in [0.2, 0.25) is 0 Å². The molecule has 6 atom stereocenters. The number of carbonyl (C=O) groups excluding carboxylic acids is 1. The molecular formula is C18H32N2O. The predicted octanol–water partition coefficient (Wildman–Crippen LogP) is 3.54. The van der Waals surface area contributed by atoms with Crippen molar-refractivity contribution in [1.29, 1.82) is 0 Å². The molecule has 2 aliphatic carbocycles. The third-order valence-corrected chi connectivity index (χ3v) is 6.37. The van der Waals surface area contributed by atoms with Crippen molar-refractivity contribution in [2.75, 3.05) is 0 Å². The molecule has 3 nitrogen and oxygen atoms in total. The molecule has 3 aliphatic rings. The van der Waals surface area contributed by atoms with E-state index >= 15 is 0 Å². The average Bonchev–Trinajstić information content (AvgIpc) is 3.18. The van der Waals surface area contributed by atoms with Gasteiger partial charge >= 0.3 is 0 Å². The zero-order chi connectivity index (χ0) is 15.0. The Kier molecular flexibility index (Phi) is 4.58. The largest absolute Gasteiger partial charge is 0.323 e. The van der Waals surface area contributed by atoms with Crippen molar-refractivity contribution in [2.24, 2.45) is 17.8 Å². The lowest BCUT2D eigenvalue weighted by molar-refractivity contribution is -0.133. The van der Waals surface area contributed by atoms with E-state index in [2.05, 4.69) is 31.0 Å². The first-order valence-electron chi connectivity index (χ1n) is 9.23. The molecule has 1 amide bonds. The van der Waals surface area contributed by atoms with Gasteiger partial charge in [-0.2, -0.15) is 0 Å². The second kappa shape index (κ2) is 6.28. The van der Waals surface area contributed by atoms with Gasteiger partial charge in [0, 0.05) is 6.04 Å². The fourth-order valence-electron chi connectivity index (χ4n) is 5.22. The molecule has 0 aromatic carbocycles. The van der Waals surface area contributed by atoms with Gasteiger partial charge in [0.2, 0.25) is 5.91 Å². The smallest absolute Gasteiger partial charge is 0.241 e. The molecule has 6 unspecified atom stereocenters. The highest BCUT2D eigenvalue weighted by Crippen LogP contribution is 2.50. The number of hydrogen-bond acceptors (Lipinski definition) is 2. The summed E-state index contributed by atoms with van der Waals surface area (Å²) in [7, 11) is 0. The lowest BCUT2D eigenvalue weighted by Gasteiger charge is -2.37. The van der Waals surface area contributed by atoms with Gasteiger partial charge in [0.05, 0.1) is 12.2 Å². The van der Waals surface area contributed by atoms with Crippen molar-refractivity contribution in [1.82, 2.24) is 10.2 Å². The predicted molar refractivity (Wildman–Crippen MR) is 85.8 cm³/mol. The summed E-state index contributed by atoms with van der Waals surface area (Å²) in [5.74, 6) is 2.99. The normalized spacial score (nSPS) is 40.2. The maximum absolute atomic E-state index is 12.8. The molecule has 3 fully saturated rings. The van der Waals surface area contributed by atoms with Crippen LogP contribution in [0, 0.1) is 17.8 Å². The first kappa shape index (κ1) is 15.3. The molecule has 1 aliphatic heterocycles.